The van der Waals surface area contributed by atoms with Gasteiger partial charge in [-0.25, -0.2) is 12.7 Å². The summed E-state index contributed by atoms with van der Waals surface area (Å²) in [4.78, 5) is 2.71. The van der Waals surface area contributed by atoms with E-state index in [1.165, 1.54) is 17.1 Å². The Kier molecular flexibility index (Phi) is 7.97. The second-order valence-corrected chi connectivity index (χ2v) is 8.34. The van der Waals surface area contributed by atoms with Crippen LogP contribution in [0, 0.1) is 0 Å². The Morgan fingerprint density at radius 3 is 2.61 bits per heavy atom. The lowest BCUT2D eigenvalue weighted by Gasteiger charge is -2.27. The maximum absolute atomic E-state index is 12.2. The first-order valence-corrected chi connectivity index (χ1v) is 9.27. The molecule has 1 unspecified atom stereocenters. The van der Waals surface area contributed by atoms with Crippen molar-refractivity contribution in [1.82, 2.24) is 14.5 Å². The van der Waals surface area contributed by atoms with Crippen LogP contribution in [0.2, 0.25) is 0 Å². The molecule has 2 rings (SSSR count). The summed E-state index contributed by atoms with van der Waals surface area (Å²) in [6, 6.07) is 7.84. The Labute approximate surface area is 146 Å². The molecule has 0 bridgehead atoms. The lowest BCUT2D eigenvalue weighted by molar-refractivity contribution is 0.216. The normalized spacial score (nSPS) is 19.4. The number of rotatable bonds is 5. The van der Waals surface area contributed by atoms with Gasteiger partial charge in [-0.1, -0.05) is 12.1 Å². The summed E-state index contributed by atoms with van der Waals surface area (Å²) >= 11 is 0. The molecule has 1 saturated heterocycles. The summed E-state index contributed by atoms with van der Waals surface area (Å²) in [6.07, 6.45) is 3.54. The summed E-state index contributed by atoms with van der Waals surface area (Å²) in [5.41, 5.74) is 1.04. The highest BCUT2D eigenvalue weighted by Crippen LogP contribution is 2.18. The molecular weight excluding hydrogens is 334 g/mol. The lowest BCUT2D eigenvalue weighted by atomic mass is 10.1. The molecule has 0 aliphatic carbocycles. The van der Waals surface area contributed by atoms with Crippen molar-refractivity contribution in [2.75, 3.05) is 34.2 Å². The van der Waals surface area contributed by atoms with Gasteiger partial charge < -0.3 is 5.32 Å². The SMILES string of the molecule is CN(Cc1cccc(S(=O)(=O)N(C)C)c1)C1CCCNCC1.Cl. The zero-order valence-electron chi connectivity index (χ0n) is 14.2. The number of sulfonamides is 1. The molecule has 1 aliphatic heterocycles. The molecule has 1 aliphatic rings. The van der Waals surface area contributed by atoms with E-state index in [1.54, 1.807) is 26.2 Å². The van der Waals surface area contributed by atoms with Gasteiger partial charge in [-0.2, -0.15) is 0 Å². The topological polar surface area (TPSA) is 52.7 Å². The number of halogens is 1. The summed E-state index contributed by atoms with van der Waals surface area (Å²) in [7, 11) is 1.89. The van der Waals surface area contributed by atoms with Gasteiger partial charge in [0.15, 0.2) is 0 Å². The Morgan fingerprint density at radius 2 is 1.91 bits per heavy atom. The van der Waals surface area contributed by atoms with Gasteiger partial charge in [0.2, 0.25) is 10.0 Å². The zero-order valence-corrected chi connectivity index (χ0v) is 15.8. The first-order valence-electron chi connectivity index (χ1n) is 7.83. The summed E-state index contributed by atoms with van der Waals surface area (Å²) in [5, 5.41) is 3.43. The van der Waals surface area contributed by atoms with Crippen molar-refractivity contribution in [2.24, 2.45) is 0 Å². The molecule has 0 aromatic heterocycles. The zero-order chi connectivity index (χ0) is 16.2. The number of benzene rings is 1. The van der Waals surface area contributed by atoms with E-state index in [2.05, 4.69) is 17.3 Å². The Bertz CT molecular complexity index is 585. The fourth-order valence-electron chi connectivity index (χ4n) is 2.87. The lowest BCUT2D eigenvalue weighted by Crippen LogP contribution is -2.32. The van der Waals surface area contributed by atoms with Crippen LogP contribution < -0.4 is 5.32 Å². The van der Waals surface area contributed by atoms with E-state index in [0.717, 1.165) is 31.6 Å². The fraction of sp³-hybridized carbons (Fsp3) is 0.625. The van der Waals surface area contributed by atoms with Crippen molar-refractivity contribution < 1.29 is 8.42 Å². The largest absolute Gasteiger partial charge is 0.317 e. The van der Waals surface area contributed by atoms with E-state index >= 15 is 0 Å². The Morgan fingerprint density at radius 1 is 1.17 bits per heavy atom. The predicted octanol–water partition coefficient (Wildman–Crippen LogP) is 1.93. The third-order valence-corrected chi connectivity index (χ3v) is 6.09. The van der Waals surface area contributed by atoms with Gasteiger partial charge in [0.1, 0.15) is 0 Å². The maximum Gasteiger partial charge on any atom is 0.242 e. The molecule has 1 fully saturated rings. The minimum absolute atomic E-state index is 0. The first kappa shape index (κ1) is 20.4. The number of nitrogens with zero attached hydrogens (tertiary/aromatic N) is 2. The van der Waals surface area contributed by atoms with Gasteiger partial charge in [0.05, 0.1) is 4.90 Å². The van der Waals surface area contributed by atoms with E-state index in [-0.39, 0.29) is 12.4 Å². The molecule has 0 radical (unpaired) electrons. The van der Waals surface area contributed by atoms with Crippen LogP contribution in [0.25, 0.3) is 0 Å². The molecule has 0 spiro atoms. The smallest absolute Gasteiger partial charge is 0.242 e. The van der Waals surface area contributed by atoms with E-state index in [9.17, 15) is 8.42 Å². The molecular formula is C16H28ClN3O2S. The monoisotopic (exact) mass is 361 g/mol. The van der Waals surface area contributed by atoms with Crippen LogP contribution in [-0.2, 0) is 16.6 Å². The van der Waals surface area contributed by atoms with Crippen molar-refractivity contribution in [3.63, 3.8) is 0 Å². The molecule has 1 atom stereocenters. The molecule has 1 aromatic rings. The second kappa shape index (κ2) is 8.99. The van der Waals surface area contributed by atoms with Crippen LogP contribution in [0.5, 0.6) is 0 Å². The standard InChI is InChI=1S/C16H27N3O2S.ClH/c1-18(2)22(20,21)16-8-4-6-14(12-16)13-19(3)15-7-5-10-17-11-9-15;/h4,6,8,12,15,17H,5,7,9-11,13H2,1-3H3;1H. The maximum atomic E-state index is 12.2. The van der Waals surface area contributed by atoms with Crippen molar-refractivity contribution in [1.29, 1.82) is 0 Å². The predicted molar refractivity (Wildman–Crippen MR) is 96.5 cm³/mol. The molecule has 1 aromatic carbocycles. The molecule has 0 amide bonds. The minimum Gasteiger partial charge on any atom is -0.317 e. The molecule has 1 N–H and O–H groups in total. The van der Waals surface area contributed by atoms with E-state index in [4.69, 9.17) is 0 Å². The average molecular weight is 362 g/mol. The second-order valence-electron chi connectivity index (χ2n) is 6.18. The van der Waals surface area contributed by atoms with Crippen molar-refractivity contribution >= 4 is 22.4 Å². The van der Waals surface area contributed by atoms with Crippen LogP contribution in [-0.4, -0.2) is 57.9 Å². The van der Waals surface area contributed by atoms with Crippen LogP contribution in [0.4, 0.5) is 0 Å². The number of hydrogen-bond acceptors (Lipinski definition) is 4. The van der Waals surface area contributed by atoms with Crippen molar-refractivity contribution in [2.45, 2.75) is 36.7 Å². The van der Waals surface area contributed by atoms with E-state index in [1.807, 2.05) is 12.1 Å². The quantitative estimate of drug-likeness (QED) is 0.870. The van der Waals surface area contributed by atoms with E-state index < -0.39 is 10.0 Å². The fourth-order valence-corrected chi connectivity index (χ4v) is 3.85. The van der Waals surface area contributed by atoms with Gasteiger partial charge in [0.25, 0.3) is 0 Å². The first-order chi connectivity index (χ1) is 10.4. The summed E-state index contributed by atoms with van der Waals surface area (Å²) in [6.45, 7) is 2.94. The average Bonchev–Trinajstić information content (AvgIpc) is 2.76. The van der Waals surface area contributed by atoms with Crippen LogP contribution >= 0.6 is 12.4 Å². The highest BCUT2D eigenvalue weighted by molar-refractivity contribution is 7.89. The third-order valence-electron chi connectivity index (χ3n) is 4.28. The minimum atomic E-state index is -3.36. The molecule has 132 valence electrons. The van der Waals surface area contributed by atoms with Gasteiger partial charge >= 0.3 is 0 Å². The summed E-state index contributed by atoms with van der Waals surface area (Å²) < 4.78 is 25.7. The molecule has 0 saturated carbocycles. The Hall–Kier alpha value is -0.660. The molecule has 23 heavy (non-hydrogen) atoms. The number of hydrogen-bond donors (Lipinski definition) is 1. The van der Waals surface area contributed by atoms with Crippen molar-refractivity contribution in [3.8, 4) is 0 Å². The van der Waals surface area contributed by atoms with Crippen LogP contribution in [0.3, 0.4) is 0 Å². The summed E-state index contributed by atoms with van der Waals surface area (Å²) in [5.74, 6) is 0. The van der Waals surface area contributed by atoms with Gasteiger partial charge in [-0.05, 0) is 57.1 Å². The van der Waals surface area contributed by atoms with Gasteiger partial charge in [-0.3, -0.25) is 4.90 Å². The molecule has 1 heterocycles. The van der Waals surface area contributed by atoms with Gasteiger partial charge in [-0.15, -0.1) is 12.4 Å². The third kappa shape index (κ3) is 5.43. The molecule has 7 heteroatoms. The highest BCUT2D eigenvalue weighted by Gasteiger charge is 2.19. The van der Waals surface area contributed by atoms with Gasteiger partial charge in [0, 0.05) is 26.7 Å². The highest BCUT2D eigenvalue weighted by atomic mass is 35.5. The molecule has 5 nitrogen and oxygen atoms in total. The Balaban J connectivity index is 0.00000264. The van der Waals surface area contributed by atoms with Crippen molar-refractivity contribution in [3.05, 3.63) is 29.8 Å². The van der Waals surface area contributed by atoms with Crippen LogP contribution in [0.15, 0.2) is 29.2 Å². The number of nitrogens with one attached hydrogen (secondary N) is 1. The van der Waals surface area contributed by atoms with Crippen LogP contribution in [0.1, 0.15) is 24.8 Å². The van der Waals surface area contributed by atoms with E-state index in [0.29, 0.717) is 10.9 Å².